The van der Waals surface area contributed by atoms with E-state index in [0.29, 0.717) is 0 Å². The van der Waals surface area contributed by atoms with E-state index in [0.717, 1.165) is 36.5 Å². The molecule has 1 aliphatic rings. The standard InChI is InChI=1S/C14H19ClN2O/c1-16(2)14(18)13-8-5-9-17(13)10-11-6-3-4-7-12(11)15/h3-4,6-7,13H,5,8-10H2,1-2H3/t13-/m1/s1. The summed E-state index contributed by atoms with van der Waals surface area (Å²) in [5, 5.41) is 0.778. The van der Waals surface area contributed by atoms with E-state index in [1.807, 2.05) is 38.4 Å². The molecular formula is C14H19ClN2O. The third kappa shape index (κ3) is 2.85. The van der Waals surface area contributed by atoms with Crippen molar-refractivity contribution < 1.29 is 4.79 Å². The number of rotatable bonds is 3. The Morgan fingerprint density at radius 1 is 1.44 bits per heavy atom. The molecular weight excluding hydrogens is 248 g/mol. The number of likely N-dealkylation sites (tertiary alicyclic amines) is 1. The Bertz CT molecular complexity index is 434. The van der Waals surface area contributed by atoms with Crippen LogP contribution in [0.5, 0.6) is 0 Å². The van der Waals surface area contributed by atoms with Crippen LogP contribution < -0.4 is 0 Å². The fourth-order valence-electron chi connectivity index (χ4n) is 2.44. The van der Waals surface area contributed by atoms with E-state index in [2.05, 4.69) is 4.90 Å². The number of halogens is 1. The average molecular weight is 267 g/mol. The quantitative estimate of drug-likeness (QED) is 0.839. The first-order valence-corrected chi connectivity index (χ1v) is 6.66. The second kappa shape index (κ2) is 5.72. The highest BCUT2D eigenvalue weighted by Crippen LogP contribution is 2.24. The summed E-state index contributed by atoms with van der Waals surface area (Å²) in [4.78, 5) is 16.0. The van der Waals surface area contributed by atoms with Crippen LogP contribution in [-0.2, 0) is 11.3 Å². The van der Waals surface area contributed by atoms with Gasteiger partial charge >= 0.3 is 0 Å². The number of carbonyl (C=O) groups excluding carboxylic acids is 1. The summed E-state index contributed by atoms with van der Waals surface area (Å²) in [6.45, 7) is 1.72. The van der Waals surface area contributed by atoms with Crippen LogP contribution >= 0.6 is 11.6 Å². The van der Waals surface area contributed by atoms with E-state index in [9.17, 15) is 4.79 Å². The van der Waals surface area contributed by atoms with Crippen molar-refractivity contribution in [1.29, 1.82) is 0 Å². The van der Waals surface area contributed by atoms with Gasteiger partial charge in [0.15, 0.2) is 0 Å². The minimum absolute atomic E-state index is 0.0104. The van der Waals surface area contributed by atoms with Gasteiger partial charge in [0.2, 0.25) is 5.91 Å². The zero-order valence-corrected chi connectivity index (χ0v) is 11.7. The molecule has 1 fully saturated rings. The van der Waals surface area contributed by atoms with Gasteiger partial charge in [-0.2, -0.15) is 0 Å². The number of amides is 1. The third-order valence-electron chi connectivity index (χ3n) is 3.42. The minimum atomic E-state index is 0.0104. The molecule has 4 heteroatoms. The second-order valence-electron chi connectivity index (χ2n) is 4.95. The molecule has 0 spiro atoms. The van der Waals surface area contributed by atoms with Gasteiger partial charge in [-0.25, -0.2) is 0 Å². The molecule has 1 aliphatic heterocycles. The first-order chi connectivity index (χ1) is 8.59. The maximum atomic E-state index is 12.1. The van der Waals surface area contributed by atoms with E-state index in [-0.39, 0.29) is 11.9 Å². The number of likely N-dealkylation sites (N-methyl/N-ethyl adjacent to an activating group) is 1. The lowest BCUT2D eigenvalue weighted by molar-refractivity contribution is -0.133. The van der Waals surface area contributed by atoms with Crippen LogP contribution in [0.25, 0.3) is 0 Å². The Kier molecular flexibility index (Phi) is 4.25. The number of nitrogens with zero attached hydrogens (tertiary/aromatic N) is 2. The van der Waals surface area contributed by atoms with Gasteiger partial charge in [0, 0.05) is 25.7 Å². The van der Waals surface area contributed by atoms with Crippen molar-refractivity contribution in [3.05, 3.63) is 34.9 Å². The molecule has 0 aliphatic carbocycles. The van der Waals surface area contributed by atoms with E-state index >= 15 is 0 Å². The van der Waals surface area contributed by atoms with Gasteiger partial charge in [-0.3, -0.25) is 9.69 Å². The molecule has 1 aromatic carbocycles. The van der Waals surface area contributed by atoms with Crippen LogP contribution in [0.4, 0.5) is 0 Å². The number of benzene rings is 1. The highest BCUT2D eigenvalue weighted by molar-refractivity contribution is 6.31. The van der Waals surface area contributed by atoms with Crippen molar-refractivity contribution in [2.24, 2.45) is 0 Å². The van der Waals surface area contributed by atoms with E-state index < -0.39 is 0 Å². The first kappa shape index (κ1) is 13.4. The van der Waals surface area contributed by atoms with E-state index in [1.54, 1.807) is 4.90 Å². The van der Waals surface area contributed by atoms with Crippen molar-refractivity contribution >= 4 is 17.5 Å². The second-order valence-corrected chi connectivity index (χ2v) is 5.36. The van der Waals surface area contributed by atoms with Crippen molar-refractivity contribution in [2.75, 3.05) is 20.6 Å². The van der Waals surface area contributed by atoms with Crippen LogP contribution in [-0.4, -0.2) is 42.4 Å². The summed E-state index contributed by atoms with van der Waals surface area (Å²) in [6.07, 6.45) is 2.02. The molecule has 3 nitrogen and oxygen atoms in total. The van der Waals surface area contributed by atoms with Crippen LogP contribution in [0, 0.1) is 0 Å². The summed E-state index contributed by atoms with van der Waals surface area (Å²) < 4.78 is 0. The molecule has 1 amide bonds. The summed E-state index contributed by atoms with van der Waals surface area (Å²) in [7, 11) is 3.63. The van der Waals surface area contributed by atoms with Crippen LogP contribution in [0.1, 0.15) is 18.4 Å². The lowest BCUT2D eigenvalue weighted by Gasteiger charge is -2.26. The zero-order chi connectivity index (χ0) is 13.1. The van der Waals surface area contributed by atoms with E-state index in [1.165, 1.54) is 0 Å². The highest BCUT2D eigenvalue weighted by Gasteiger charge is 2.31. The van der Waals surface area contributed by atoms with Gasteiger partial charge in [-0.1, -0.05) is 29.8 Å². The molecule has 0 radical (unpaired) electrons. The van der Waals surface area contributed by atoms with Gasteiger partial charge in [-0.05, 0) is 31.0 Å². The van der Waals surface area contributed by atoms with Crippen LogP contribution in [0.2, 0.25) is 5.02 Å². The summed E-state index contributed by atoms with van der Waals surface area (Å²) in [6, 6.07) is 7.85. The fourth-order valence-corrected chi connectivity index (χ4v) is 2.63. The smallest absolute Gasteiger partial charge is 0.239 e. The van der Waals surface area contributed by atoms with Crippen LogP contribution in [0.3, 0.4) is 0 Å². The molecule has 0 unspecified atom stereocenters. The Morgan fingerprint density at radius 2 is 2.17 bits per heavy atom. The predicted molar refractivity (Wildman–Crippen MR) is 73.6 cm³/mol. The highest BCUT2D eigenvalue weighted by atomic mass is 35.5. The number of hydrogen-bond donors (Lipinski definition) is 0. The molecule has 0 saturated carbocycles. The molecule has 2 rings (SSSR count). The normalized spacial score (nSPS) is 20.1. The molecule has 0 bridgehead atoms. The van der Waals surface area contributed by atoms with Gasteiger partial charge < -0.3 is 4.90 Å². The average Bonchev–Trinajstić information content (AvgIpc) is 2.79. The lowest BCUT2D eigenvalue weighted by Crippen LogP contribution is -2.42. The fraction of sp³-hybridized carbons (Fsp3) is 0.500. The van der Waals surface area contributed by atoms with Crippen molar-refractivity contribution in [3.63, 3.8) is 0 Å². The van der Waals surface area contributed by atoms with Crippen molar-refractivity contribution in [2.45, 2.75) is 25.4 Å². The van der Waals surface area contributed by atoms with Gasteiger partial charge in [0.25, 0.3) is 0 Å². The molecule has 1 atom stereocenters. The zero-order valence-electron chi connectivity index (χ0n) is 10.9. The largest absolute Gasteiger partial charge is 0.347 e. The number of carbonyl (C=O) groups is 1. The SMILES string of the molecule is CN(C)C(=O)[C@H]1CCCN1Cc1ccccc1Cl. The Morgan fingerprint density at radius 3 is 2.83 bits per heavy atom. The topological polar surface area (TPSA) is 23.6 Å². The molecule has 1 aromatic rings. The molecule has 1 heterocycles. The third-order valence-corrected chi connectivity index (χ3v) is 3.79. The maximum Gasteiger partial charge on any atom is 0.239 e. The van der Waals surface area contributed by atoms with Gasteiger partial charge in [0.05, 0.1) is 6.04 Å². The lowest BCUT2D eigenvalue weighted by atomic mass is 10.1. The number of hydrogen-bond acceptors (Lipinski definition) is 2. The van der Waals surface area contributed by atoms with Gasteiger partial charge in [0.1, 0.15) is 0 Å². The van der Waals surface area contributed by atoms with Crippen molar-refractivity contribution in [3.8, 4) is 0 Å². The minimum Gasteiger partial charge on any atom is -0.347 e. The molecule has 18 heavy (non-hydrogen) atoms. The Hall–Kier alpha value is -1.06. The summed E-state index contributed by atoms with van der Waals surface area (Å²) in [5.74, 6) is 0.194. The molecule has 1 saturated heterocycles. The molecule has 98 valence electrons. The molecule has 0 aromatic heterocycles. The Balaban J connectivity index is 2.09. The summed E-state index contributed by atoms with van der Waals surface area (Å²) in [5.41, 5.74) is 1.10. The first-order valence-electron chi connectivity index (χ1n) is 6.28. The monoisotopic (exact) mass is 266 g/mol. The molecule has 0 N–H and O–H groups in total. The Labute approximate surface area is 113 Å². The maximum absolute atomic E-state index is 12.1. The predicted octanol–water partition coefficient (Wildman–Crippen LogP) is 2.39. The summed E-state index contributed by atoms with van der Waals surface area (Å²) >= 11 is 6.17. The van der Waals surface area contributed by atoms with Gasteiger partial charge in [-0.15, -0.1) is 0 Å². The van der Waals surface area contributed by atoms with Crippen molar-refractivity contribution in [1.82, 2.24) is 9.80 Å². The van der Waals surface area contributed by atoms with Crippen LogP contribution in [0.15, 0.2) is 24.3 Å². The van der Waals surface area contributed by atoms with E-state index in [4.69, 9.17) is 11.6 Å².